The predicted molar refractivity (Wildman–Crippen MR) is 114 cm³/mol. The van der Waals surface area contributed by atoms with Gasteiger partial charge >= 0.3 is 10.1 Å². The first-order valence-corrected chi connectivity index (χ1v) is 10.9. The number of benzene rings is 2. The number of carbonyl (C=O) groups excluding carboxylic acids is 1. The van der Waals surface area contributed by atoms with Gasteiger partial charge in [0.25, 0.3) is 5.91 Å². The van der Waals surface area contributed by atoms with Crippen molar-refractivity contribution in [2.75, 3.05) is 23.4 Å². The van der Waals surface area contributed by atoms with Crippen LogP contribution in [-0.2, 0) is 16.5 Å². The van der Waals surface area contributed by atoms with E-state index in [-0.39, 0.29) is 28.8 Å². The van der Waals surface area contributed by atoms with Crippen molar-refractivity contribution >= 4 is 33.5 Å². The highest BCUT2D eigenvalue weighted by atomic mass is 32.2. The van der Waals surface area contributed by atoms with Crippen LogP contribution in [0.25, 0.3) is 0 Å². The van der Waals surface area contributed by atoms with E-state index in [0.717, 1.165) is 17.9 Å². The summed E-state index contributed by atoms with van der Waals surface area (Å²) in [6.45, 7) is 0.479. The average molecular weight is 445 g/mol. The van der Waals surface area contributed by atoms with E-state index in [1.807, 2.05) is 30.3 Å². The minimum atomic E-state index is -3.78. The van der Waals surface area contributed by atoms with E-state index >= 15 is 0 Å². The van der Waals surface area contributed by atoms with Gasteiger partial charge in [-0.3, -0.25) is 4.79 Å². The molecule has 4 N–H and O–H groups in total. The molecule has 0 aliphatic carbocycles. The number of aromatic nitrogens is 2. The van der Waals surface area contributed by atoms with Gasteiger partial charge in [-0.2, -0.15) is 13.4 Å². The molecule has 1 aromatic heterocycles. The number of primary amides is 1. The lowest BCUT2D eigenvalue weighted by Crippen LogP contribution is -2.18. The second-order valence-electron chi connectivity index (χ2n) is 6.54. The van der Waals surface area contributed by atoms with Crippen LogP contribution in [-0.4, -0.2) is 37.1 Å². The maximum atomic E-state index is 14.3. The number of hydrogen-bond donors (Lipinski definition) is 3. The topological polar surface area (TPSA) is 136 Å². The van der Waals surface area contributed by atoms with Gasteiger partial charge in [0.05, 0.1) is 17.5 Å². The number of nitrogens with one attached hydrogen (secondary N) is 2. The summed E-state index contributed by atoms with van der Waals surface area (Å²) < 4.78 is 41.3. The van der Waals surface area contributed by atoms with Crippen molar-refractivity contribution in [2.24, 2.45) is 5.73 Å². The summed E-state index contributed by atoms with van der Waals surface area (Å²) in [5.74, 6) is -1.43. The third-order valence-electron chi connectivity index (χ3n) is 4.04. The lowest BCUT2D eigenvalue weighted by molar-refractivity contribution is 0.100. The largest absolute Gasteiger partial charge is 0.382 e. The minimum absolute atomic E-state index is 0.0112. The van der Waals surface area contributed by atoms with Crippen LogP contribution in [0, 0.1) is 5.82 Å². The van der Waals surface area contributed by atoms with Crippen LogP contribution < -0.4 is 20.6 Å². The fraction of sp³-hybridized carbons (Fsp3) is 0.150. The van der Waals surface area contributed by atoms with Gasteiger partial charge < -0.3 is 20.6 Å². The molecular formula is C20H20FN5O4S. The molecule has 0 spiro atoms. The number of halogens is 1. The molecule has 31 heavy (non-hydrogen) atoms. The molecule has 9 nitrogen and oxygen atoms in total. The second kappa shape index (κ2) is 9.39. The Balaban J connectivity index is 1.76. The highest BCUT2D eigenvalue weighted by molar-refractivity contribution is 7.86. The normalized spacial score (nSPS) is 11.0. The van der Waals surface area contributed by atoms with Crippen LogP contribution >= 0.6 is 0 Å². The molecule has 2 aromatic carbocycles. The Kier molecular flexibility index (Phi) is 6.65. The molecule has 162 valence electrons. The van der Waals surface area contributed by atoms with Crippen LogP contribution in [0.1, 0.15) is 15.9 Å². The quantitative estimate of drug-likeness (QED) is 0.427. The van der Waals surface area contributed by atoms with E-state index < -0.39 is 21.8 Å². The molecule has 0 radical (unpaired) electrons. The van der Waals surface area contributed by atoms with Gasteiger partial charge in [-0.05, 0) is 24.1 Å². The van der Waals surface area contributed by atoms with E-state index in [1.54, 1.807) is 0 Å². The summed E-state index contributed by atoms with van der Waals surface area (Å²) in [6.07, 6.45) is 2.78. The highest BCUT2D eigenvalue weighted by Crippen LogP contribution is 2.24. The Morgan fingerprint density at radius 3 is 2.58 bits per heavy atom. The number of anilines is 3. The Morgan fingerprint density at radius 2 is 1.94 bits per heavy atom. The third-order valence-corrected chi connectivity index (χ3v) is 4.53. The summed E-state index contributed by atoms with van der Waals surface area (Å²) in [4.78, 5) is 19.9. The Labute approximate surface area is 178 Å². The molecule has 0 fully saturated rings. The van der Waals surface area contributed by atoms with E-state index in [4.69, 9.17) is 5.73 Å². The van der Waals surface area contributed by atoms with Crippen LogP contribution in [0.15, 0.2) is 54.7 Å². The molecule has 0 aliphatic rings. The van der Waals surface area contributed by atoms with Gasteiger partial charge in [0.1, 0.15) is 17.4 Å². The molecule has 0 saturated carbocycles. The van der Waals surface area contributed by atoms with Gasteiger partial charge in [0.2, 0.25) is 5.95 Å². The maximum absolute atomic E-state index is 14.3. The van der Waals surface area contributed by atoms with Crippen molar-refractivity contribution in [3.05, 3.63) is 71.7 Å². The first kappa shape index (κ1) is 22.0. The first-order chi connectivity index (χ1) is 14.7. The second-order valence-corrected chi connectivity index (χ2v) is 8.11. The van der Waals surface area contributed by atoms with Crippen LogP contribution in [0.2, 0.25) is 0 Å². The standard InChI is InChI=1S/C20H20FN5O4S/c1-31(28,29)30-14-7-8-17(16(21)11-14)25-20-24-12-15(18(22)27)19(26-20)23-10-9-13-5-3-2-4-6-13/h2-8,11-12H,9-10H2,1H3,(H2,22,27)(H2,23,24,25,26). The number of rotatable bonds is 9. The van der Waals surface area contributed by atoms with Crippen molar-refractivity contribution in [3.63, 3.8) is 0 Å². The SMILES string of the molecule is CS(=O)(=O)Oc1ccc(Nc2ncc(C(N)=O)c(NCCc3ccccc3)n2)c(F)c1. The molecule has 3 aromatic rings. The van der Waals surface area contributed by atoms with Crippen molar-refractivity contribution in [3.8, 4) is 5.75 Å². The Bertz CT molecular complexity index is 1190. The molecule has 1 amide bonds. The fourth-order valence-electron chi connectivity index (χ4n) is 2.67. The molecule has 11 heteroatoms. The van der Waals surface area contributed by atoms with E-state index in [1.165, 1.54) is 18.3 Å². The zero-order valence-corrected chi connectivity index (χ0v) is 17.3. The van der Waals surface area contributed by atoms with E-state index in [0.29, 0.717) is 13.0 Å². The summed E-state index contributed by atoms with van der Waals surface area (Å²) >= 11 is 0. The van der Waals surface area contributed by atoms with Crippen molar-refractivity contribution in [2.45, 2.75) is 6.42 Å². The number of hydrogen-bond acceptors (Lipinski definition) is 8. The zero-order chi connectivity index (χ0) is 22.4. The van der Waals surface area contributed by atoms with Crippen molar-refractivity contribution in [1.29, 1.82) is 0 Å². The average Bonchev–Trinajstić information content (AvgIpc) is 2.70. The first-order valence-electron chi connectivity index (χ1n) is 9.12. The summed E-state index contributed by atoms with van der Waals surface area (Å²) in [6, 6.07) is 13.2. The molecule has 0 aliphatic heterocycles. The fourth-order valence-corrected chi connectivity index (χ4v) is 3.12. The van der Waals surface area contributed by atoms with Gasteiger partial charge in [-0.25, -0.2) is 9.37 Å². The smallest absolute Gasteiger partial charge is 0.306 e. The maximum Gasteiger partial charge on any atom is 0.306 e. The Morgan fingerprint density at radius 1 is 1.19 bits per heavy atom. The minimum Gasteiger partial charge on any atom is -0.382 e. The lowest BCUT2D eigenvalue weighted by atomic mass is 10.1. The number of nitrogens with zero attached hydrogens (tertiary/aromatic N) is 2. The van der Waals surface area contributed by atoms with Crippen LogP contribution in [0.5, 0.6) is 5.75 Å². The number of amides is 1. The molecule has 0 unspecified atom stereocenters. The predicted octanol–water partition coefficient (Wildman–Crippen LogP) is 2.45. The van der Waals surface area contributed by atoms with Crippen molar-refractivity contribution < 1.29 is 21.8 Å². The van der Waals surface area contributed by atoms with E-state index in [2.05, 4.69) is 24.8 Å². The lowest BCUT2D eigenvalue weighted by Gasteiger charge is -2.12. The van der Waals surface area contributed by atoms with Crippen molar-refractivity contribution in [1.82, 2.24) is 9.97 Å². The van der Waals surface area contributed by atoms with Gasteiger partial charge in [-0.1, -0.05) is 30.3 Å². The third kappa shape index (κ3) is 6.37. The van der Waals surface area contributed by atoms with Crippen LogP contribution in [0.4, 0.5) is 21.8 Å². The molecule has 0 atom stereocenters. The number of nitrogens with two attached hydrogens (primary N) is 1. The van der Waals surface area contributed by atoms with Gasteiger partial charge in [0, 0.05) is 18.8 Å². The molecule has 0 saturated heterocycles. The molecule has 1 heterocycles. The zero-order valence-electron chi connectivity index (χ0n) is 16.5. The van der Waals surface area contributed by atoms with Gasteiger partial charge in [-0.15, -0.1) is 0 Å². The van der Waals surface area contributed by atoms with E-state index in [9.17, 15) is 17.6 Å². The highest BCUT2D eigenvalue weighted by Gasteiger charge is 2.14. The molecule has 3 rings (SSSR count). The summed E-state index contributed by atoms with van der Waals surface area (Å²) in [5, 5.41) is 5.73. The van der Waals surface area contributed by atoms with Gasteiger partial charge in [0.15, 0.2) is 0 Å². The monoisotopic (exact) mass is 445 g/mol. The molecule has 0 bridgehead atoms. The summed E-state index contributed by atoms with van der Waals surface area (Å²) in [5.41, 5.74) is 6.57. The summed E-state index contributed by atoms with van der Waals surface area (Å²) in [7, 11) is -3.78. The Hall–Kier alpha value is -3.73. The number of carbonyl (C=O) groups is 1. The van der Waals surface area contributed by atoms with Crippen LogP contribution in [0.3, 0.4) is 0 Å². The molecular weight excluding hydrogens is 425 g/mol.